The van der Waals surface area contributed by atoms with Crippen molar-refractivity contribution in [2.45, 2.75) is 17.9 Å². The lowest BCUT2D eigenvalue weighted by Gasteiger charge is -2.28. The number of nitrogens with zero attached hydrogens (tertiary/aromatic N) is 1. The molecule has 0 aromatic heterocycles. The van der Waals surface area contributed by atoms with Crippen LogP contribution in [0.5, 0.6) is 5.75 Å². The number of hydrogen-bond donors (Lipinski definition) is 1. The van der Waals surface area contributed by atoms with Crippen molar-refractivity contribution < 1.29 is 17.9 Å². The Morgan fingerprint density at radius 3 is 2.35 bits per heavy atom. The number of fused-ring (bicyclic) bond motifs is 1. The van der Waals surface area contributed by atoms with E-state index in [4.69, 9.17) is 16.3 Å². The van der Waals surface area contributed by atoms with E-state index in [1.807, 2.05) is 18.2 Å². The molecule has 1 N–H and O–H groups in total. The number of rotatable bonds is 6. The summed E-state index contributed by atoms with van der Waals surface area (Å²) in [4.78, 5) is 14.4. The Kier molecular flexibility index (Phi) is 6.15. The molecule has 1 aliphatic heterocycles. The molecule has 0 radical (unpaired) electrons. The maximum Gasteiger partial charge on any atom is 0.261 e. The summed E-state index contributed by atoms with van der Waals surface area (Å²) >= 11 is 5.82. The van der Waals surface area contributed by atoms with E-state index in [1.54, 1.807) is 29.2 Å². The Bertz CT molecular complexity index is 1180. The molecule has 3 aromatic rings. The number of halogens is 1. The number of amides is 1. The standard InChI is InChI=1S/C23H21ClN2O4S/c24-19-5-7-20(8-6-19)25-31(28,29)22-11-9-21(10-12-22)30-16-23(27)26-14-13-17-3-1-2-4-18(17)15-26/h1-12,25H,13-16H2. The number of hydrogen-bond acceptors (Lipinski definition) is 4. The Morgan fingerprint density at radius 1 is 0.968 bits per heavy atom. The van der Waals surface area contributed by atoms with Crippen molar-refractivity contribution in [2.75, 3.05) is 17.9 Å². The van der Waals surface area contributed by atoms with Gasteiger partial charge in [0.15, 0.2) is 6.61 Å². The second-order valence-corrected chi connectivity index (χ2v) is 9.33. The van der Waals surface area contributed by atoms with E-state index in [2.05, 4.69) is 10.8 Å². The van der Waals surface area contributed by atoms with Gasteiger partial charge in [0.05, 0.1) is 4.90 Å². The largest absolute Gasteiger partial charge is 0.484 e. The molecule has 0 atom stereocenters. The van der Waals surface area contributed by atoms with Crippen LogP contribution in [0.15, 0.2) is 77.7 Å². The molecule has 1 amide bonds. The van der Waals surface area contributed by atoms with E-state index in [1.165, 1.54) is 29.8 Å². The van der Waals surface area contributed by atoms with Gasteiger partial charge in [0.1, 0.15) is 5.75 Å². The zero-order valence-corrected chi connectivity index (χ0v) is 18.2. The Balaban J connectivity index is 1.34. The van der Waals surface area contributed by atoms with E-state index in [0.717, 1.165) is 12.0 Å². The average Bonchev–Trinajstić information content (AvgIpc) is 2.79. The summed E-state index contributed by atoms with van der Waals surface area (Å²) in [7, 11) is -3.74. The van der Waals surface area contributed by atoms with Crippen LogP contribution in [0.2, 0.25) is 5.02 Å². The highest BCUT2D eigenvalue weighted by atomic mass is 35.5. The van der Waals surface area contributed by atoms with Crippen LogP contribution in [0.1, 0.15) is 11.1 Å². The normalized spacial score (nSPS) is 13.4. The maximum absolute atomic E-state index is 12.5. The van der Waals surface area contributed by atoms with Crippen molar-refractivity contribution in [3.8, 4) is 5.75 Å². The molecule has 1 aliphatic rings. The van der Waals surface area contributed by atoms with Gasteiger partial charge in [0, 0.05) is 23.8 Å². The highest BCUT2D eigenvalue weighted by molar-refractivity contribution is 7.92. The molecule has 8 heteroatoms. The summed E-state index contributed by atoms with van der Waals surface area (Å²) in [5, 5.41) is 0.521. The van der Waals surface area contributed by atoms with Gasteiger partial charge < -0.3 is 9.64 Å². The Morgan fingerprint density at radius 2 is 1.65 bits per heavy atom. The van der Waals surface area contributed by atoms with Crippen molar-refractivity contribution in [1.82, 2.24) is 4.90 Å². The first-order valence-electron chi connectivity index (χ1n) is 9.76. The number of ether oxygens (including phenoxy) is 1. The summed E-state index contributed by atoms with van der Waals surface area (Å²) < 4.78 is 33.1. The van der Waals surface area contributed by atoms with E-state index >= 15 is 0 Å². The third-order valence-electron chi connectivity index (χ3n) is 5.08. The summed E-state index contributed by atoms with van der Waals surface area (Å²) in [6, 6.07) is 20.4. The number of carbonyl (C=O) groups is 1. The first-order chi connectivity index (χ1) is 14.9. The van der Waals surface area contributed by atoms with E-state index in [9.17, 15) is 13.2 Å². The lowest BCUT2D eigenvalue weighted by Crippen LogP contribution is -2.38. The SMILES string of the molecule is O=C(COc1ccc(S(=O)(=O)Nc2ccc(Cl)cc2)cc1)N1CCc2ccccc2C1. The molecular formula is C23H21ClN2O4S. The fraction of sp³-hybridized carbons (Fsp3) is 0.174. The van der Waals surface area contributed by atoms with Gasteiger partial charge in [-0.1, -0.05) is 35.9 Å². The van der Waals surface area contributed by atoms with Gasteiger partial charge in [0.25, 0.3) is 15.9 Å². The van der Waals surface area contributed by atoms with Crippen molar-refractivity contribution in [3.05, 3.63) is 88.9 Å². The molecule has 0 unspecified atom stereocenters. The molecule has 0 aliphatic carbocycles. The van der Waals surface area contributed by atoms with Crippen molar-refractivity contribution in [1.29, 1.82) is 0 Å². The molecule has 31 heavy (non-hydrogen) atoms. The third kappa shape index (κ3) is 5.18. The summed E-state index contributed by atoms with van der Waals surface area (Å²) in [6.07, 6.45) is 0.828. The van der Waals surface area contributed by atoms with Crippen LogP contribution >= 0.6 is 11.6 Å². The average molecular weight is 457 g/mol. The van der Waals surface area contributed by atoms with Gasteiger partial charge in [-0.3, -0.25) is 9.52 Å². The van der Waals surface area contributed by atoms with Crippen LogP contribution in [0.4, 0.5) is 5.69 Å². The lowest BCUT2D eigenvalue weighted by molar-refractivity contribution is -0.134. The second kappa shape index (κ2) is 8.99. The van der Waals surface area contributed by atoms with Gasteiger partial charge in [-0.05, 0) is 66.1 Å². The number of sulfonamides is 1. The molecule has 4 rings (SSSR count). The van der Waals surface area contributed by atoms with Gasteiger partial charge in [-0.2, -0.15) is 0 Å². The number of benzene rings is 3. The zero-order chi connectivity index (χ0) is 21.8. The van der Waals surface area contributed by atoms with Crippen LogP contribution < -0.4 is 9.46 Å². The van der Waals surface area contributed by atoms with E-state index in [-0.39, 0.29) is 17.4 Å². The predicted octanol–water partition coefficient (Wildman–Crippen LogP) is 4.10. The summed E-state index contributed by atoms with van der Waals surface area (Å²) in [5.74, 6) is 0.326. The molecule has 0 saturated heterocycles. The monoisotopic (exact) mass is 456 g/mol. The van der Waals surface area contributed by atoms with E-state index in [0.29, 0.717) is 29.5 Å². The molecule has 1 heterocycles. The Labute approximate surface area is 186 Å². The molecule has 0 bridgehead atoms. The highest BCUT2D eigenvalue weighted by Crippen LogP contribution is 2.22. The summed E-state index contributed by atoms with van der Waals surface area (Å²) in [6.45, 7) is 1.13. The molecule has 3 aromatic carbocycles. The second-order valence-electron chi connectivity index (χ2n) is 7.21. The van der Waals surface area contributed by atoms with Gasteiger partial charge in [0.2, 0.25) is 0 Å². The van der Waals surface area contributed by atoms with Gasteiger partial charge >= 0.3 is 0 Å². The number of anilines is 1. The fourth-order valence-corrected chi connectivity index (χ4v) is 4.58. The number of carbonyl (C=O) groups excluding carboxylic acids is 1. The van der Waals surface area contributed by atoms with Gasteiger partial charge in [-0.15, -0.1) is 0 Å². The minimum absolute atomic E-state index is 0.0914. The predicted molar refractivity (Wildman–Crippen MR) is 120 cm³/mol. The minimum Gasteiger partial charge on any atom is -0.484 e. The van der Waals surface area contributed by atoms with Crippen molar-refractivity contribution >= 4 is 33.2 Å². The van der Waals surface area contributed by atoms with Crippen LogP contribution in [0.3, 0.4) is 0 Å². The maximum atomic E-state index is 12.5. The molecular weight excluding hydrogens is 436 g/mol. The topological polar surface area (TPSA) is 75.7 Å². The first-order valence-corrected chi connectivity index (χ1v) is 11.6. The third-order valence-corrected chi connectivity index (χ3v) is 6.73. The van der Waals surface area contributed by atoms with Crippen molar-refractivity contribution in [3.63, 3.8) is 0 Å². The molecule has 0 spiro atoms. The highest BCUT2D eigenvalue weighted by Gasteiger charge is 2.21. The molecule has 6 nitrogen and oxygen atoms in total. The lowest BCUT2D eigenvalue weighted by atomic mass is 10.00. The Hall–Kier alpha value is -3.03. The number of nitrogens with one attached hydrogen (secondary N) is 1. The quantitative estimate of drug-likeness (QED) is 0.605. The molecule has 0 saturated carbocycles. The van der Waals surface area contributed by atoms with Crippen LogP contribution in [-0.4, -0.2) is 32.4 Å². The van der Waals surface area contributed by atoms with Crippen LogP contribution in [0.25, 0.3) is 0 Å². The minimum atomic E-state index is -3.74. The zero-order valence-electron chi connectivity index (χ0n) is 16.6. The van der Waals surface area contributed by atoms with Crippen LogP contribution in [0, 0.1) is 0 Å². The summed E-state index contributed by atoms with van der Waals surface area (Å²) in [5.41, 5.74) is 2.85. The van der Waals surface area contributed by atoms with Crippen LogP contribution in [-0.2, 0) is 27.8 Å². The van der Waals surface area contributed by atoms with Crippen molar-refractivity contribution in [2.24, 2.45) is 0 Å². The first kappa shape index (κ1) is 21.2. The van der Waals surface area contributed by atoms with E-state index < -0.39 is 10.0 Å². The molecule has 160 valence electrons. The fourth-order valence-electron chi connectivity index (χ4n) is 3.39. The van der Waals surface area contributed by atoms with Gasteiger partial charge in [-0.25, -0.2) is 8.42 Å². The smallest absolute Gasteiger partial charge is 0.261 e. The molecule has 0 fully saturated rings.